The van der Waals surface area contributed by atoms with Crippen LogP contribution in [0.2, 0.25) is 0 Å². The fourth-order valence-electron chi connectivity index (χ4n) is 1.80. The third-order valence-electron chi connectivity index (χ3n) is 2.89. The molecule has 16 heavy (non-hydrogen) atoms. The zero-order valence-electron chi connectivity index (χ0n) is 9.95. The van der Waals surface area contributed by atoms with Gasteiger partial charge in [-0.3, -0.25) is 0 Å². The highest BCUT2D eigenvalue weighted by Crippen LogP contribution is 2.17. The van der Waals surface area contributed by atoms with E-state index in [0.29, 0.717) is 25.6 Å². The SMILES string of the molecule is CCC(Cl)CNS(=O)(=O)N1CCCC(C)C1. The minimum absolute atomic E-state index is 0.128. The molecule has 1 fully saturated rings. The van der Waals surface area contributed by atoms with Crippen molar-refractivity contribution in [2.24, 2.45) is 5.92 Å². The number of nitrogens with zero attached hydrogens (tertiary/aromatic N) is 1. The second kappa shape index (κ2) is 6.19. The van der Waals surface area contributed by atoms with Crippen LogP contribution in [0.25, 0.3) is 0 Å². The quantitative estimate of drug-likeness (QED) is 0.770. The summed E-state index contributed by atoms with van der Waals surface area (Å²) in [5.74, 6) is 0.447. The van der Waals surface area contributed by atoms with Crippen LogP contribution in [0.15, 0.2) is 0 Å². The topological polar surface area (TPSA) is 49.4 Å². The summed E-state index contributed by atoms with van der Waals surface area (Å²) in [6.07, 6.45) is 2.82. The van der Waals surface area contributed by atoms with E-state index in [-0.39, 0.29) is 5.38 Å². The van der Waals surface area contributed by atoms with Gasteiger partial charge in [0.25, 0.3) is 10.2 Å². The summed E-state index contributed by atoms with van der Waals surface area (Å²) in [7, 11) is -3.32. The Bertz CT molecular complexity index is 308. The molecule has 1 heterocycles. The van der Waals surface area contributed by atoms with Crippen LogP contribution < -0.4 is 4.72 Å². The second-order valence-electron chi connectivity index (χ2n) is 4.46. The summed E-state index contributed by atoms with van der Waals surface area (Å²) in [4.78, 5) is 0. The van der Waals surface area contributed by atoms with Gasteiger partial charge in [0.05, 0.1) is 0 Å². The first-order valence-electron chi connectivity index (χ1n) is 5.84. The maximum Gasteiger partial charge on any atom is 0.279 e. The fourth-order valence-corrected chi connectivity index (χ4v) is 3.38. The molecule has 0 aromatic rings. The lowest BCUT2D eigenvalue weighted by molar-refractivity contribution is 0.278. The molecule has 0 bridgehead atoms. The van der Waals surface area contributed by atoms with Crippen LogP contribution in [0.5, 0.6) is 0 Å². The van der Waals surface area contributed by atoms with Crippen molar-refractivity contribution in [3.8, 4) is 0 Å². The van der Waals surface area contributed by atoms with E-state index in [9.17, 15) is 8.42 Å². The first-order valence-corrected chi connectivity index (χ1v) is 7.72. The molecular formula is C10H21ClN2O2S. The Kier molecular flexibility index (Phi) is 5.50. The summed E-state index contributed by atoms with van der Waals surface area (Å²) in [6.45, 7) is 5.57. The molecule has 0 amide bonds. The second-order valence-corrected chi connectivity index (χ2v) is 6.84. The summed E-state index contributed by atoms with van der Waals surface area (Å²) in [6, 6.07) is 0. The van der Waals surface area contributed by atoms with Crippen LogP contribution in [-0.4, -0.2) is 37.7 Å². The van der Waals surface area contributed by atoms with Crippen LogP contribution in [0.1, 0.15) is 33.1 Å². The molecule has 1 rings (SSSR count). The number of halogens is 1. The lowest BCUT2D eigenvalue weighted by Gasteiger charge is -2.30. The van der Waals surface area contributed by atoms with E-state index in [1.165, 1.54) is 4.31 Å². The molecule has 4 nitrogen and oxygen atoms in total. The number of alkyl halides is 1. The van der Waals surface area contributed by atoms with Crippen molar-refractivity contribution in [1.29, 1.82) is 0 Å². The van der Waals surface area contributed by atoms with Crippen molar-refractivity contribution >= 4 is 21.8 Å². The molecule has 6 heteroatoms. The molecule has 0 aromatic carbocycles. The van der Waals surface area contributed by atoms with Gasteiger partial charge in [-0.2, -0.15) is 12.7 Å². The van der Waals surface area contributed by atoms with Crippen LogP contribution in [0.3, 0.4) is 0 Å². The van der Waals surface area contributed by atoms with Crippen molar-refractivity contribution in [2.75, 3.05) is 19.6 Å². The zero-order chi connectivity index (χ0) is 12.2. The van der Waals surface area contributed by atoms with Crippen LogP contribution in [0.4, 0.5) is 0 Å². The van der Waals surface area contributed by atoms with Gasteiger partial charge >= 0.3 is 0 Å². The molecule has 0 aliphatic carbocycles. The lowest BCUT2D eigenvalue weighted by Crippen LogP contribution is -2.46. The van der Waals surface area contributed by atoms with Crippen molar-refractivity contribution < 1.29 is 8.42 Å². The summed E-state index contributed by atoms with van der Waals surface area (Å²) < 4.78 is 27.9. The smallest absolute Gasteiger partial charge is 0.201 e. The Morgan fingerprint density at radius 1 is 1.56 bits per heavy atom. The molecule has 0 saturated carbocycles. The Morgan fingerprint density at radius 2 is 2.25 bits per heavy atom. The zero-order valence-corrected chi connectivity index (χ0v) is 11.5. The fraction of sp³-hybridized carbons (Fsp3) is 1.00. The molecule has 2 unspecified atom stereocenters. The van der Waals surface area contributed by atoms with E-state index in [1.54, 1.807) is 0 Å². The van der Waals surface area contributed by atoms with Crippen LogP contribution in [0, 0.1) is 5.92 Å². The first kappa shape index (κ1) is 14.2. The van der Waals surface area contributed by atoms with Gasteiger partial charge in [-0.05, 0) is 25.2 Å². The number of nitrogens with one attached hydrogen (secondary N) is 1. The molecule has 1 aliphatic rings. The Morgan fingerprint density at radius 3 is 2.81 bits per heavy atom. The van der Waals surface area contributed by atoms with Crippen molar-refractivity contribution in [1.82, 2.24) is 9.03 Å². The highest BCUT2D eigenvalue weighted by Gasteiger charge is 2.26. The highest BCUT2D eigenvalue weighted by atomic mass is 35.5. The van der Waals surface area contributed by atoms with Gasteiger partial charge in [-0.15, -0.1) is 11.6 Å². The number of piperidine rings is 1. The standard InChI is InChI=1S/C10H21ClN2O2S/c1-3-10(11)7-12-16(14,15)13-6-4-5-9(2)8-13/h9-10,12H,3-8H2,1-2H3. The Balaban J connectivity index is 2.49. The van der Waals surface area contributed by atoms with Gasteiger partial charge in [0, 0.05) is 25.0 Å². The number of rotatable bonds is 5. The van der Waals surface area contributed by atoms with Crippen molar-refractivity contribution in [2.45, 2.75) is 38.5 Å². The molecule has 0 aromatic heterocycles. The van der Waals surface area contributed by atoms with Gasteiger partial charge in [0.15, 0.2) is 0 Å². The summed E-state index contributed by atoms with van der Waals surface area (Å²) in [5.41, 5.74) is 0. The molecular weight excluding hydrogens is 248 g/mol. The number of hydrogen-bond acceptors (Lipinski definition) is 2. The molecule has 1 aliphatic heterocycles. The molecule has 1 N–H and O–H groups in total. The Hall–Kier alpha value is 0.160. The number of hydrogen-bond donors (Lipinski definition) is 1. The van der Waals surface area contributed by atoms with Gasteiger partial charge in [-0.25, -0.2) is 4.72 Å². The van der Waals surface area contributed by atoms with E-state index in [0.717, 1.165) is 19.3 Å². The van der Waals surface area contributed by atoms with Gasteiger partial charge in [0.2, 0.25) is 0 Å². The third-order valence-corrected chi connectivity index (χ3v) is 4.90. The van der Waals surface area contributed by atoms with Gasteiger partial charge < -0.3 is 0 Å². The van der Waals surface area contributed by atoms with E-state index >= 15 is 0 Å². The first-order chi connectivity index (χ1) is 7.45. The summed E-state index contributed by atoms with van der Waals surface area (Å²) >= 11 is 5.89. The van der Waals surface area contributed by atoms with E-state index < -0.39 is 10.2 Å². The molecule has 1 saturated heterocycles. The highest BCUT2D eigenvalue weighted by molar-refractivity contribution is 7.87. The normalized spacial score (nSPS) is 25.6. The molecule has 0 spiro atoms. The predicted octanol–water partition coefficient (Wildman–Crippen LogP) is 1.57. The average molecular weight is 269 g/mol. The van der Waals surface area contributed by atoms with Gasteiger partial charge in [-0.1, -0.05) is 13.8 Å². The Labute approximate surface area is 104 Å². The van der Waals surface area contributed by atoms with Crippen LogP contribution in [-0.2, 0) is 10.2 Å². The third kappa shape index (κ3) is 4.20. The molecule has 2 atom stereocenters. The minimum atomic E-state index is -3.32. The van der Waals surface area contributed by atoms with Gasteiger partial charge in [0.1, 0.15) is 0 Å². The lowest BCUT2D eigenvalue weighted by atomic mass is 10.0. The van der Waals surface area contributed by atoms with E-state index in [1.807, 2.05) is 6.92 Å². The van der Waals surface area contributed by atoms with E-state index in [4.69, 9.17) is 11.6 Å². The average Bonchev–Trinajstić information content (AvgIpc) is 2.26. The maximum atomic E-state index is 11.9. The predicted molar refractivity (Wildman–Crippen MR) is 66.8 cm³/mol. The minimum Gasteiger partial charge on any atom is -0.201 e. The largest absolute Gasteiger partial charge is 0.279 e. The molecule has 96 valence electrons. The maximum absolute atomic E-state index is 11.9. The molecule has 0 radical (unpaired) electrons. The monoisotopic (exact) mass is 268 g/mol. The van der Waals surface area contributed by atoms with Crippen molar-refractivity contribution in [3.63, 3.8) is 0 Å². The summed E-state index contributed by atoms with van der Waals surface area (Å²) in [5, 5.41) is -0.128. The van der Waals surface area contributed by atoms with E-state index in [2.05, 4.69) is 11.6 Å². The van der Waals surface area contributed by atoms with Crippen molar-refractivity contribution in [3.05, 3.63) is 0 Å². The van der Waals surface area contributed by atoms with Crippen LogP contribution >= 0.6 is 11.6 Å².